The van der Waals surface area contributed by atoms with E-state index in [2.05, 4.69) is 10.4 Å². The first-order valence-corrected chi connectivity index (χ1v) is 6.62. The Labute approximate surface area is 122 Å². The van der Waals surface area contributed by atoms with Crippen LogP contribution in [0.15, 0.2) is 24.3 Å². The maximum absolute atomic E-state index is 12.2. The number of carbonyl (C=O) groups is 2. The molecule has 0 saturated carbocycles. The van der Waals surface area contributed by atoms with E-state index in [1.54, 1.807) is 29.8 Å². The Morgan fingerprint density at radius 3 is 2.57 bits per heavy atom. The van der Waals surface area contributed by atoms with Crippen molar-refractivity contribution in [3.63, 3.8) is 0 Å². The summed E-state index contributed by atoms with van der Waals surface area (Å²) in [4.78, 5) is 23.2. The molecule has 0 atom stereocenters. The number of hydrogen-bond donors (Lipinski definition) is 2. The van der Waals surface area contributed by atoms with Crippen LogP contribution in [0.2, 0.25) is 0 Å². The number of amides is 1. The Morgan fingerprint density at radius 1 is 1.29 bits per heavy atom. The van der Waals surface area contributed by atoms with Gasteiger partial charge in [-0.3, -0.25) is 9.48 Å². The Balaban J connectivity index is 2.23. The molecule has 0 spiro atoms. The normalized spacial score (nSPS) is 10.4. The van der Waals surface area contributed by atoms with Crippen molar-refractivity contribution in [2.75, 3.05) is 5.32 Å². The van der Waals surface area contributed by atoms with E-state index in [1.807, 2.05) is 13.8 Å². The molecule has 2 N–H and O–H groups in total. The van der Waals surface area contributed by atoms with Gasteiger partial charge in [-0.05, 0) is 50.6 Å². The van der Waals surface area contributed by atoms with Gasteiger partial charge in [-0.15, -0.1) is 0 Å². The fourth-order valence-corrected chi connectivity index (χ4v) is 2.15. The van der Waals surface area contributed by atoms with Gasteiger partial charge in [-0.25, -0.2) is 4.79 Å². The molecule has 6 nitrogen and oxygen atoms in total. The van der Waals surface area contributed by atoms with Crippen LogP contribution in [-0.4, -0.2) is 26.8 Å². The molecule has 1 amide bonds. The summed E-state index contributed by atoms with van der Waals surface area (Å²) in [5, 5.41) is 16.0. The zero-order valence-corrected chi connectivity index (χ0v) is 12.2. The lowest BCUT2D eigenvalue weighted by atomic mass is 10.1. The molecule has 2 rings (SSSR count). The average molecular weight is 287 g/mol. The van der Waals surface area contributed by atoms with Gasteiger partial charge < -0.3 is 10.4 Å². The van der Waals surface area contributed by atoms with Crippen LogP contribution in [0.1, 0.15) is 39.0 Å². The van der Waals surface area contributed by atoms with Gasteiger partial charge >= 0.3 is 5.97 Å². The second-order valence-electron chi connectivity index (χ2n) is 4.78. The lowest BCUT2D eigenvalue weighted by Crippen LogP contribution is -2.17. The maximum Gasteiger partial charge on any atom is 0.335 e. The van der Waals surface area contributed by atoms with Crippen LogP contribution in [0.3, 0.4) is 0 Å². The highest BCUT2D eigenvalue weighted by molar-refractivity contribution is 6.03. The summed E-state index contributed by atoms with van der Waals surface area (Å²) in [6.07, 6.45) is 0. The first kappa shape index (κ1) is 14.8. The Hall–Kier alpha value is -2.63. The maximum atomic E-state index is 12.2. The second-order valence-corrected chi connectivity index (χ2v) is 4.78. The minimum absolute atomic E-state index is 0.224. The van der Waals surface area contributed by atoms with E-state index in [1.165, 1.54) is 6.07 Å². The van der Waals surface area contributed by atoms with Gasteiger partial charge in [0, 0.05) is 12.2 Å². The third kappa shape index (κ3) is 3.10. The molecule has 6 heteroatoms. The van der Waals surface area contributed by atoms with Crippen LogP contribution in [0.25, 0.3) is 0 Å². The minimum Gasteiger partial charge on any atom is -0.478 e. The van der Waals surface area contributed by atoms with Crippen molar-refractivity contribution in [2.24, 2.45) is 0 Å². The molecule has 1 heterocycles. The van der Waals surface area contributed by atoms with E-state index in [-0.39, 0.29) is 11.5 Å². The van der Waals surface area contributed by atoms with Gasteiger partial charge in [0.1, 0.15) is 5.69 Å². The first-order valence-electron chi connectivity index (χ1n) is 6.62. The van der Waals surface area contributed by atoms with E-state index in [4.69, 9.17) is 5.11 Å². The molecule has 110 valence electrons. The van der Waals surface area contributed by atoms with Crippen LogP contribution in [0.4, 0.5) is 5.69 Å². The standard InChI is InChI=1S/C15H17N3O3/c1-4-18-13(8-10(3)17-18)14(19)16-11-5-6-12(15(20)21)9(2)7-11/h5-8H,4H2,1-3H3,(H,16,19)(H,20,21). The van der Waals surface area contributed by atoms with Crippen LogP contribution < -0.4 is 5.32 Å². The van der Waals surface area contributed by atoms with E-state index >= 15 is 0 Å². The number of carboxylic acids is 1. The zero-order valence-electron chi connectivity index (χ0n) is 12.2. The van der Waals surface area contributed by atoms with E-state index in [9.17, 15) is 9.59 Å². The summed E-state index contributed by atoms with van der Waals surface area (Å²) in [6.45, 7) is 6.04. The van der Waals surface area contributed by atoms with Crippen molar-refractivity contribution in [2.45, 2.75) is 27.3 Å². The average Bonchev–Trinajstić information content (AvgIpc) is 2.79. The highest BCUT2D eigenvalue weighted by Crippen LogP contribution is 2.16. The number of aromatic nitrogens is 2. The lowest BCUT2D eigenvalue weighted by Gasteiger charge is -2.08. The van der Waals surface area contributed by atoms with Crippen molar-refractivity contribution in [3.8, 4) is 0 Å². The largest absolute Gasteiger partial charge is 0.478 e. The zero-order chi connectivity index (χ0) is 15.6. The van der Waals surface area contributed by atoms with Crippen LogP contribution >= 0.6 is 0 Å². The van der Waals surface area contributed by atoms with Crippen LogP contribution in [-0.2, 0) is 6.54 Å². The molecule has 0 aliphatic carbocycles. The van der Waals surface area contributed by atoms with Crippen LogP contribution in [0.5, 0.6) is 0 Å². The molecule has 0 bridgehead atoms. The van der Waals surface area contributed by atoms with E-state index in [0.717, 1.165) is 5.69 Å². The van der Waals surface area contributed by atoms with E-state index in [0.29, 0.717) is 23.5 Å². The molecule has 1 aromatic heterocycles. The third-order valence-electron chi connectivity index (χ3n) is 3.15. The molecule has 0 aliphatic heterocycles. The lowest BCUT2D eigenvalue weighted by molar-refractivity contribution is 0.0696. The van der Waals surface area contributed by atoms with Gasteiger partial charge in [-0.1, -0.05) is 0 Å². The number of carbonyl (C=O) groups excluding carboxylic acids is 1. The number of benzene rings is 1. The van der Waals surface area contributed by atoms with Gasteiger partial charge in [0.15, 0.2) is 0 Å². The SMILES string of the molecule is CCn1nc(C)cc1C(=O)Nc1ccc(C(=O)O)c(C)c1. The van der Waals surface area contributed by atoms with Crippen molar-refractivity contribution in [3.05, 3.63) is 46.8 Å². The number of aryl methyl sites for hydroxylation is 3. The minimum atomic E-state index is -0.981. The van der Waals surface area contributed by atoms with Crippen molar-refractivity contribution in [1.82, 2.24) is 9.78 Å². The molecule has 0 aliphatic rings. The van der Waals surface area contributed by atoms with Crippen molar-refractivity contribution >= 4 is 17.6 Å². The number of nitrogens with one attached hydrogen (secondary N) is 1. The molecule has 21 heavy (non-hydrogen) atoms. The molecule has 0 fully saturated rings. The third-order valence-corrected chi connectivity index (χ3v) is 3.15. The quantitative estimate of drug-likeness (QED) is 0.904. The number of carboxylic acid groups (broad SMARTS) is 1. The predicted molar refractivity (Wildman–Crippen MR) is 78.7 cm³/mol. The van der Waals surface area contributed by atoms with Crippen molar-refractivity contribution in [1.29, 1.82) is 0 Å². The van der Waals surface area contributed by atoms with Crippen LogP contribution in [0, 0.1) is 13.8 Å². The number of nitrogens with zero attached hydrogens (tertiary/aromatic N) is 2. The molecule has 0 radical (unpaired) electrons. The number of anilines is 1. The number of rotatable bonds is 4. The summed E-state index contributed by atoms with van der Waals surface area (Å²) in [5.74, 6) is -1.25. The summed E-state index contributed by atoms with van der Waals surface area (Å²) in [6, 6.07) is 6.42. The number of aromatic carboxylic acids is 1. The summed E-state index contributed by atoms with van der Waals surface area (Å²) in [7, 11) is 0. The molecular weight excluding hydrogens is 270 g/mol. The summed E-state index contributed by atoms with van der Waals surface area (Å²) < 4.78 is 1.63. The highest BCUT2D eigenvalue weighted by atomic mass is 16.4. The van der Waals surface area contributed by atoms with Gasteiger partial charge in [0.05, 0.1) is 11.3 Å². The second kappa shape index (κ2) is 5.78. The highest BCUT2D eigenvalue weighted by Gasteiger charge is 2.14. The van der Waals surface area contributed by atoms with Crippen molar-refractivity contribution < 1.29 is 14.7 Å². The molecule has 1 aromatic carbocycles. The Kier molecular flexibility index (Phi) is 4.07. The Morgan fingerprint density at radius 2 is 2.00 bits per heavy atom. The Bertz CT molecular complexity index is 704. The predicted octanol–water partition coefficient (Wildman–Crippen LogP) is 2.47. The summed E-state index contributed by atoms with van der Waals surface area (Å²) in [5.41, 5.74) is 2.64. The smallest absolute Gasteiger partial charge is 0.335 e. The van der Waals surface area contributed by atoms with E-state index < -0.39 is 5.97 Å². The molecule has 2 aromatic rings. The first-order chi connectivity index (χ1) is 9.92. The molecular formula is C15H17N3O3. The fraction of sp³-hybridized carbons (Fsp3) is 0.267. The monoisotopic (exact) mass is 287 g/mol. The van der Waals surface area contributed by atoms with Gasteiger partial charge in [-0.2, -0.15) is 5.10 Å². The molecule has 0 saturated heterocycles. The summed E-state index contributed by atoms with van der Waals surface area (Å²) >= 11 is 0. The topological polar surface area (TPSA) is 84.2 Å². The molecule has 0 unspecified atom stereocenters. The van der Waals surface area contributed by atoms with Gasteiger partial charge in [0.25, 0.3) is 5.91 Å². The number of hydrogen-bond acceptors (Lipinski definition) is 3. The fourth-order valence-electron chi connectivity index (χ4n) is 2.15. The van der Waals surface area contributed by atoms with Gasteiger partial charge in [0.2, 0.25) is 0 Å².